The third kappa shape index (κ3) is 11.5. The van der Waals surface area contributed by atoms with Crippen LogP contribution in [0.3, 0.4) is 0 Å². The molecule has 0 atom stereocenters. The Hall–Kier alpha value is -0.410. The number of Topliss-reactive ketones (excluding diaryl/α,β-unsaturated/α-hetero) is 1. The average molecular weight is 216 g/mol. The average Bonchev–Trinajstić information content (AvgIpc) is 2.14. The topological polar surface area (TPSA) is 35.5 Å². The second-order valence-corrected chi connectivity index (χ2v) is 4.57. The second-order valence-electron chi connectivity index (χ2n) is 4.57. The monoisotopic (exact) mass is 216 g/mol. The maximum absolute atomic E-state index is 11.0. The van der Waals surface area contributed by atoms with Gasteiger partial charge in [-0.1, -0.05) is 6.92 Å². The Labute approximate surface area is 93.1 Å². The van der Waals surface area contributed by atoms with Crippen molar-refractivity contribution >= 4 is 5.78 Å². The van der Waals surface area contributed by atoms with Gasteiger partial charge in [-0.2, -0.15) is 0 Å². The number of ketones is 1. The van der Waals surface area contributed by atoms with Gasteiger partial charge in [0.15, 0.2) is 0 Å². The van der Waals surface area contributed by atoms with E-state index in [9.17, 15) is 4.79 Å². The van der Waals surface area contributed by atoms with E-state index >= 15 is 0 Å². The van der Waals surface area contributed by atoms with Crippen LogP contribution in [0, 0.1) is 0 Å². The third-order valence-electron chi connectivity index (χ3n) is 1.90. The first kappa shape index (κ1) is 14.6. The van der Waals surface area contributed by atoms with Gasteiger partial charge in [0.05, 0.1) is 18.8 Å². The van der Waals surface area contributed by atoms with Crippen molar-refractivity contribution < 1.29 is 14.3 Å². The van der Waals surface area contributed by atoms with Crippen molar-refractivity contribution in [3.05, 3.63) is 0 Å². The quantitative estimate of drug-likeness (QED) is 0.585. The molecule has 0 unspecified atom stereocenters. The van der Waals surface area contributed by atoms with Crippen molar-refractivity contribution in [1.82, 2.24) is 0 Å². The highest BCUT2D eigenvalue weighted by Crippen LogP contribution is 2.05. The standard InChI is InChI=1S/C12H24O3/c1-5-11(13)7-6-8-14-9-10-15-12(2,3)4/h5-10H2,1-4H3. The maximum Gasteiger partial charge on any atom is 0.132 e. The van der Waals surface area contributed by atoms with Crippen LogP contribution in [0.5, 0.6) is 0 Å². The summed E-state index contributed by atoms with van der Waals surface area (Å²) in [7, 11) is 0. The van der Waals surface area contributed by atoms with Gasteiger partial charge >= 0.3 is 0 Å². The van der Waals surface area contributed by atoms with Crippen LogP contribution >= 0.6 is 0 Å². The van der Waals surface area contributed by atoms with Crippen LogP contribution in [0.4, 0.5) is 0 Å². The van der Waals surface area contributed by atoms with E-state index in [1.807, 2.05) is 27.7 Å². The van der Waals surface area contributed by atoms with Crippen LogP contribution in [0.25, 0.3) is 0 Å². The molecule has 0 N–H and O–H groups in total. The first-order chi connectivity index (χ1) is 6.95. The van der Waals surface area contributed by atoms with E-state index in [4.69, 9.17) is 9.47 Å². The van der Waals surface area contributed by atoms with Crippen LogP contribution in [0.1, 0.15) is 47.0 Å². The Morgan fingerprint density at radius 2 is 1.80 bits per heavy atom. The zero-order chi connectivity index (χ0) is 11.7. The largest absolute Gasteiger partial charge is 0.379 e. The molecule has 0 aromatic rings. The molecule has 0 saturated heterocycles. The van der Waals surface area contributed by atoms with Gasteiger partial charge in [0, 0.05) is 19.4 Å². The summed E-state index contributed by atoms with van der Waals surface area (Å²) in [6.45, 7) is 9.83. The van der Waals surface area contributed by atoms with Gasteiger partial charge in [-0.25, -0.2) is 0 Å². The molecule has 3 nitrogen and oxygen atoms in total. The number of carbonyl (C=O) groups is 1. The van der Waals surface area contributed by atoms with Gasteiger partial charge in [0.25, 0.3) is 0 Å². The third-order valence-corrected chi connectivity index (χ3v) is 1.90. The fourth-order valence-corrected chi connectivity index (χ4v) is 1.06. The van der Waals surface area contributed by atoms with Crippen molar-refractivity contribution in [2.45, 2.75) is 52.6 Å². The SMILES string of the molecule is CCC(=O)CCCOCCOC(C)(C)C. The van der Waals surface area contributed by atoms with Gasteiger partial charge in [0.2, 0.25) is 0 Å². The molecule has 90 valence electrons. The summed E-state index contributed by atoms with van der Waals surface area (Å²) in [6.07, 6.45) is 2.09. The summed E-state index contributed by atoms with van der Waals surface area (Å²) in [4.78, 5) is 11.0. The van der Waals surface area contributed by atoms with Crippen LogP contribution in [0.2, 0.25) is 0 Å². The fraction of sp³-hybridized carbons (Fsp3) is 0.917. The second kappa shape index (κ2) is 7.83. The van der Waals surface area contributed by atoms with Crippen molar-refractivity contribution in [3.8, 4) is 0 Å². The molecule has 0 bridgehead atoms. The molecule has 0 aromatic heterocycles. The van der Waals surface area contributed by atoms with E-state index in [-0.39, 0.29) is 5.60 Å². The summed E-state index contributed by atoms with van der Waals surface area (Å²) >= 11 is 0. The highest BCUT2D eigenvalue weighted by Gasteiger charge is 2.08. The van der Waals surface area contributed by atoms with Gasteiger partial charge < -0.3 is 9.47 Å². The van der Waals surface area contributed by atoms with Gasteiger partial charge in [0.1, 0.15) is 5.78 Å². The molecule has 0 heterocycles. The molecule has 0 aliphatic rings. The molecular weight excluding hydrogens is 192 g/mol. The Morgan fingerprint density at radius 3 is 2.33 bits per heavy atom. The zero-order valence-electron chi connectivity index (χ0n) is 10.5. The molecule has 3 heteroatoms. The molecule has 0 amide bonds. The smallest absolute Gasteiger partial charge is 0.132 e. The lowest BCUT2D eigenvalue weighted by molar-refractivity contribution is -0.119. The van der Waals surface area contributed by atoms with Crippen LogP contribution in [0.15, 0.2) is 0 Å². The molecule has 0 fully saturated rings. The summed E-state index contributed by atoms with van der Waals surface area (Å²) in [5.41, 5.74) is -0.0957. The van der Waals surface area contributed by atoms with E-state index in [0.717, 1.165) is 6.42 Å². The van der Waals surface area contributed by atoms with Gasteiger partial charge in [-0.05, 0) is 27.2 Å². The number of rotatable bonds is 8. The van der Waals surface area contributed by atoms with Crippen molar-refractivity contribution in [2.75, 3.05) is 19.8 Å². The summed E-state index contributed by atoms with van der Waals surface area (Å²) in [5, 5.41) is 0. The highest BCUT2D eigenvalue weighted by atomic mass is 16.5. The molecule has 0 radical (unpaired) electrons. The van der Waals surface area contributed by atoms with Crippen molar-refractivity contribution in [1.29, 1.82) is 0 Å². The first-order valence-electron chi connectivity index (χ1n) is 5.69. The van der Waals surface area contributed by atoms with E-state index < -0.39 is 0 Å². The van der Waals surface area contributed by atoms with E-state index in [1.165, 1.54) is 0 Å². The summed E-state index contributed by atoms with van der Waals surface area (Å²) in [6, 6.07) is 0. The Bertz CT molecular complexity index is 170. The predicted molar refractivity (Wildman–Crippen MR) is 61.1 cm³/mol. The number of carbonyl (C=O) groups excluding carboxylic acids is 1. The summed E-state index contributed by atoms with van der Waals surface area (Å²) < 4.78 is 10.8. The van der Waals surface area contributed by atoms with Crippen molar-refractivity contribution in [2.24, 2.45) is 0 Å². The van der Waals surface area contributed by atoms with Crippen LogP contribution in [-0.2, 0) is 14.3 Å². The van der Waals surface area contributed by atoms with Crippen molar-refractivity contribution in [3.63, 3.8) is 0 Å². The Morgan fingerprint density at radius 1 is 1.13 bits per heavy atom. The molecule has 0 spiro atoms. The molecular formula is C12H24O3. The van der Waals surface area contributed by atoms with E-state index in [1.54, 1.807) is 0 Å². The fourth-order valence-electron chi connectivity index (χ4n) is 1.06. The minimum Gasteiger partial charge on any atom is -0.379 e. The van der Waals surface area contributed by atoms with Crippen LogP contribution < -0.4 is 0 Å². The molecule has 15 heavy (non-hydrogen) atoms. The van der Waals surface area contributed by atoms with Crippen LogP contribution in [-0.4, -0.2) is 31.2 Å². The molecule has 0 saturated carbocycles. The minimum absolute atomic E-state index is 0.0957. The molecule has 0 aliphatic carbocycles. The lowest BCUT2D eigenvalue weighted by Gasteiger charge is -2.19. The van der Waals surface area contributed by atoms with Gasteiger partial charge in [-0.3, -0.25) is 4.79 Å². The number of ether oxygens (including phenoxy) is 2. The zero-order valence-corrected chi connectivity index (χ0v) is 10.5. The molecule has 0 aromatic carbocycles. The number of hydrogen-bond donors (Lipinski definition) is 0. The number of hydrogen-bond acceptors (Lipinski definition) is 3. The first-order valence-corrected chi connectivity index (χ1v) is 5.69. The summed E-state index contributed by atoms with van der Waals surface area (Å²) in [5.74, 6) is 0.310. The van der Waals surface area contributed by atoms with E-state index in [0.29, 0.717) is 38.4 Å². The predicted octanol–water partition coefficient (Wildman–Crippen LogP) is 2.58. The lowest BCUT2D eigenvalue weighted by atomic mass is 10.2. The Kier molecular flexibility index (Phi) is 7.61. The minimum atomic E-state index is -0.0957. The molecule has 0 rings (SSSR count). The lowest BCUT2D eigenvalue weighted by Crippen LogP contribution is -2.21. The normalized spacial score (nSPS) is 11.7. The van der Waals surface area contributed by atoms with Gasteiger partial charge in [-0.15, -0.1) is 0 Å². The van der Waals surface area contributed by atoms with E-state index in [2.05, 4.69) is 0 Å². The Balaban J connectivity index is 3.16. The highest BCUT2D eigenvalue weighted by molar-refractivity contribution is 5.77. The maximum atomic E-state index is 11.0. The molecule has 0 aliphatic heterocycles.